The molecule has 1 aliphatic rings. The van der Waals surface area contributed by atoms with Crippen LogP contribution >= 0.6 is 0 Å². The van der Waals surface area contributed by atoms with Crippen LogP contribution in [0.25, 0.3) is 0 Å². The van der Waals surface area contributed by atoms with E-state index in [-0.39, 0.29) is 34.6 Å². The molecule has 2 atom stereocenters. The molecule has 0 spiro atoms. The van der Waals surface area contributed by atoms with Gasteiger partial charge >= 0.3 is 11.9 Å². The van der Waals surface area contributed by atoms with Crippen molar-refractivity contribution in [2.45, 2.75) is 106 Å². The molecule has 1 saturated carbocycles. The number of hydrogen-bond donors (Lipinski definition) is 0. The summed E-state index contributed by atoms with van der Waals surface area (Å²) in [5.74, 6) is -1.11. The Balaban J connectivity index is 2.59. The molecule has 28 heavy (non-hydrogen) atoms. The van der Waals surface area contributed by atoms with Crippen LogP contribution in [0.4, 0.5) is 0 Å². The summed E-state index contributed by atoms with van der Waals surface area (Å²) in [5, 5.41) is 0. The SMILES string of the molecule is CCCCC(C)(C)COC(=O)C1CCCCC1C(=O)OCC(C)(C)CCCC. The molecule has 1 aliphatic carbocycles. The first kappa shape index (κ1) is 25.0. The zero-order valence-electron chi connectivity index (χ0n) is 19.3. The first-order chi connectivity index (χ1) is 13.1. The van der Waals surface area contributed by atoms with Gasteiger partial charge < -0.3 is 9.47 Å². The molecule has 1 rings (SSSR count). The van der Waals surface area contributed by atoms with E-state index in [1.54, 1.807) is 0 Å². The van der Waals surface area contributed by atoms with Crippen molar-refractivity contribution in [3.05, 3.63) is 0 Å². The number of hydrogen-bond acceptors (Lipinski definition) is 4. The van der Waals surface area contributed by atoms with E-state index < -0.39 is 0 Å². The molecule has 0 saturated heterocycles. The number of carbonyl (C=O) groups is 2. The van der Waals surface area contributed by atoms with Crippen LogP contribution in [0, 0.1) is 22.7 Å². The van der Waals surface area contributed by atoms with Gasteiger partial charge in [-0.3, -0.25) is 9.59 Å². The largest absolute Gasteiger partial charge is 0.465 e. The van der Waals surface area contributed by atoms with Gasteiger partial charge in [0.15, 0.2) is 0 Å². The lowest BCUT2D eigenvalue weighted by atomic mass is 9.79. The third kappa shape index (κ3) is 8.96. The lowest BCUT2D eigenvalue weighted by molar-refractivity contribution is -0.166. The Morgan fingerprint density at radius 1 is 0.750 bits per heavy atom. The van der Waals surface area contributed by atoms with Crippen molar-refractivity contribution < 1.29 is 19.1 Å². The second-order valence-corrected chi connectivity index (χ2v) is 10.2. The van der Waals surface area contributed by atoms with E-state index in [0.717, 1.165) is 64.2 Å². The van der Waals surface area contributed by atoms with Gasteiger partial charge in [-0.15, -0.1) is 0 Å². The standard InChI is InChI=1S/C24H44O4/c1-7-9-15-23(3,4)17-27-21(25)19-13-11-12-14-20(19)22(26)28-18-24(5,6)16-10-8-2/h19-20H,7-18H2,1-6H3. The third-order valence-electron chi connectivity index (χ3n) is 6.00. The molecule has 0 radical (unpaired) electrons. The lowest BCUT2D eigenvalue weighted by Crippen LogP contribution is -2.37. The molecule has 4 nitrogen and oxygen atoms in total. The van der Waals surface area contributed by atoms with E-state index in [4.69, 9.17) is 9.47 Å². The summed E-state index contributed by atoms with van der Waals surface area (Å²) in [5.41, 5.74) is -0.0285. The van der Waals surface area contributed by atoms with Crippen LogP contribution in [-0.4, -0.2) is 25.2 Å². The number of unbranched alkanes of at least 4 members (excludes halogenated alkanes) is 2. The predicted molar refractivity (Wildman–Crippen MR) is 114 cm³/mol. The van der Waals surface area contributed by atoms with Crippen LogP contribution in [0.15, 0.2) is 0 Å². The molecule has 0 aromatic carbocycles. The average molecular weight is 397 g/mol. The van der Waals surface area contributed by atoms with E-state index >= 15 is 0 Å². The fraction of sp³-hybridized carbons (Fsp3) is 0.917. The van der Waals surface area contributed by atoms with Crippen LogP contribution in [0.3, 0.4) is 0 Å². The van der Waals surface area contributed by atoms with E-state index in [1.165, 1.54) is 0 Å². The van der Waals surface area contributed by atoms with Crippen molar-refractivity contribution in [2.75, 3.05) is 13.2 Å². The molecule has 164 valence electrons. The molecule has 0 heterocycles. The predicted octanol–water partition coefficient (Wildman–Crippen LogP) is 6.31. The second-order valence-electron chi connectivity index (χ2n) is 10.2. The number of esters is 2. The molecule has 0 aromatic heterocycles. The smallest absolute Gasteiger partial charge is 0.309 e. The van der Waals surface area contributed by atoms with Crippen molar-refractivity contribution >= 4 is 11.9 Å². The minimum absolute atomic E-state index is 0.0142. The molecule has 4 heteroatoms. The first-order valence-electron chi connectivity index (χ1n) is 11.4. The first-order valence-corrected chi connectivity index (χ1v) is 11.4. The van der Waals surface area contributed by atoms with Gasteiger partial charge in [-0.25, -0.2) is 0 Å². The molecule has 0 aromatic rings. The Morgan fingerprint density at radius 2 is 1.11 bits per heavy atom. The fourth-order valence-electron chi connectivity index (χ4n) is 3.90. The van der Waals surface area contributed by atoms with Crippen LogP contribution in [0.2, 0.25) is 0 Å². The van der Waals surface area contributed by atoms with Gasteiger partial charge in [-0.1, -0.05) is 80.1 Å². The van der Waals surface area contributed by atoms with Crippen molar-refractivity contribution in [1.82, 2.24) is 0 Å². The monoisotopic (exact) mass is 396 g/mol. The molecular formula is C24H44O4. The summed E-state index contributed by atoms with van der Waals surface area (Å²) in [6, 6.07) is 0. The summed E-state index contributed by atoms with van der Waals surface area (Å²) < 4.78 is 11.4. The quantitative estimate of drug-likeness (QED) is 0.363. The Labute approximate surface area is 173 Å². The third-order valence-corrected chi connectivity index (χ3v) is 6.00. The topological polar surface area (TPSA) is 52.6 Å². The average Bonchev–Trinajstić information content (AvgIpc) is 2.67. The lowest BCUT2D eigenvalue weighted by Gasteiger charge is -2.31. The van der Waals surface area contributed by atoms with Gasteiger partial charge in [-0.2, -0.15) is 0 Å². The number of rotatable bonds is 12. The van der Waals surface area contributed by atoms with Crippen LogP contribution in [0.1, 0.15) is 106 Å². The second kappa shape index (κ2) is 11.8. The highest BCUT2D eigenvalue weighted by Gasteiger charge is 2.39. The summed E-state index contributed by atoms with van der Waals surface area (Å²) in [4.78, 5) is 25.5. The molecule has 1 fully saturated rings. The van der Waals surface area contributed by atoms with E-state index in [1.807, 2.05) is 0 Å². The molecule has 0 aliphatic heterocycles. The Hall–Kier alpha value is -1.06. The maximum absolute atomic E-state index is 12.7. The molecule has 0 amide bonds. The molecular weight excluding hydrogens is 352 g/mol. The zero-order chi connectivity index (χ0) is 21.2. The van der Waals surface area contributed by atoms with E-state index in [2.05, 4.69) is 41.5 Å². The number of carbonyl (C=O) groups excluding carboxylic acids is 2. The van der Waals surface area contributed by atoms with E-state index in [0.29, 0.717) is 13.2 Å². The fourth-order valence-corrected chi connectivity index (χ4v) is 3.90. The summed E-state index contributed by atoms with van der Waals surface area (Å²) in [6.45, 7) is 13.7. The summed E-state index contributed by atoms with van der Waals surface area (Å²) in [6.07, 6.45) is 10.0. The van der Waals surface area contributed by atoms with Gasteiger partial charge in [0.25, 0.3) is 0 Å². The van der Waals surface area contributed by atoms with Gasteiger partial charge in [-0.05, 0) is 36.5 Å². The Bertz CT molecular complexity index is 437. The highest BCUT2D eigenvalue weighted by molar-refractivity contribution is 5.82. The Kier molecular flexibility index (Phi) is 10.5. The van der Waals surface area contributed by atoms with E-state index in [9.17, 15) is 9.59 Å². The highest BCUT2D eigenvalue weighted by Crippen LogP contribution is 2.34. The highest BCUT2D eigenvalue weighted by atomic mass is 16.5. The van der Waals surface area contributed by atoms with Gasteiger partial charge in [0.1, 0.15) is 0 Å². The maximum Gasteiger partial charge on any atom is 0.309 e. The van der Waals surface area contributed by atoms with Crippen molar-refractivity contribution in [2.24, 2.45) is 22.7 Å². The van der Waals surface area contributed by atoms with Crippen LogP contribution in [-0.2, 0) is 19.1 Å². The summed E-state index contributed by atoms with van der Waals surface area (Å²) in [7, 11) is 0. The van der Waals surface area contributed by atoms with Gasteiger partial charge in [0, 0.05) is 0 Å². The molecule has 0 bridgehead atoms. The van der Waals surface area contributed by atoms with Gasteiger partial charge in [0.2, 0.25) is 0 Å². The minimum Gasteiger partial charge on any atom is -0.465 e. The molecule has 0 N–H and O–H groups in total. The van der Waals surface area contributed by atoms with Gasteiger partial charge in [0.05, 0.1) is 25.0 Å². The maximum atomic E-state index is 12.7. The normalized spacial score (nSPS) is 20.6. The number of ether oxygens (including phenoxy) is 2. The van der Waals surface area contributed by atoms with Crippen molar-refractivity contribution in [3.63, 3.8) is 0 Å². The van der Waals surface area contributed by atoms with Crippen LogP contribution < -0.4 is 0 Å². The zero-order valence-corrected chi connectivity index (χ0v) is 19.3. The van der Waals surface area contributed by atoms with Crippen molar-refractivity contribution in [1.29, 1.82) is 0 Å². The summed E-state index contributed by atoms with van der Waals surface area (Å²) >= 11 is 0. The Morgan fingerprint density at radius 3 is 1.43 bits per heavy atom. The van der Waals surface area contributed by atoms with Crippen LogP contribution in [0.5, 0.6) is 0 Å². The molecule has 2 unspecified atom stereocenters. The van der Waals surface area contributed by atoms with Crippen molar-refractivity contribution in [3.8, 4) is 0 Å². The minimum atomic E-state index is -0.345.